The van der Waals surface area contributed by atoms with Crippen LogP contribution in [0, 0.1) is 5.92 Å². The van der Waals surface area contributed by atoms with Crippen molar-refractivity contribution in [3.8, 4) is 0 Å². The second kappa shape index (κ2) is 12.8. The summed E-state index contributed by atoms with van der Waals surface area (Å²) in [5, 5.41) is 18.6. The van der Waals surface area contributed by atoms with Gasteiger partial charge < -0.3 is 25.0 Å². The maximum atomic E-state index is 13.4. The predicted molar refractivity (Wildman–Crippen MR) is 154 cm³/mol. The fourth-order valence-electron chi connectivity index (χ4n) is 5.51. The molecule has 1 aliphatic heterocycles. The highest BCUT2D eigenvalue weighted by atomic mass is 16.5. The summed E-state index contributed by atoms with van der Waals surface area (Å²) >= 11 is 0. The molecule has 3 aromatic carbocycles. The van der Waals surface area contributed by atoms with Crippen molar-refractivity contribution in [1.29, 1.82) is 0 Å². The first kappa shape index (κ1) is 27.4. The molecule has 208 valence electrons. The lowest BCUT2D eigenvalue weighted by atomic mass is 9.94. The normalized spacial score (nSPS) is 17.0. The van der Waals surface area contributed by atoms with Gasteiger partial charge in [-0.05, 0) is 47.2 Å². The standard InChI is InChI=1S/C32H35N3O5/c36-30(37)20-25(9-5-6-22-12-13-23-7-1-2-8-24(23)18-22)31(38)34-28-19-26-21-35(29-11-4-3-10-27(26)29)15-17-40-16-14-33-32(28)39/h1-4,7-8,10-13,18,21,25,28H,5-6,9,14-17,19-20H2,(H,33,39)(H,34,38)(H,36,37)/t25-,28+/m1/s1. The summed E-state index contributed by atoms with van der Waals surface area (Å²) in [7, 11) is 0. The minimum Gasteiger partial charge on any atom is -0.481 e. The number of nitrogens with one attached hydrogen (secondary N) is 2. The summed E-state index contributed by atoms with van der Waals surface area (Å²) in [6.07, 6.45) is 3.84. The molecule has 8 heteroatoms. The van der Waals surface area contributed by atoms with Crippen LogP contribution in [0.1, 0.15) is 30.4 Å². The van der Waals surface area contributed by atoms with Crippen molar-refractivity contribution in [3.05, 3.63) is 84.1 Å². The molecule has 0 unspecified atom stereocenters. The molecule has 0 aliphatic carbocycles. The predicted octanol–water partition coefficient (Wildman–Crippen LogP) is 4.08. The molecule has 0 fully saturated rings. The largest absolute Gasteiger partial charge is 0.481 e. The number of carboxylic acid groups (broad SMARTS) is 1. The summed E-state index contributed by atoms with van der Waals surface area (Å²) in [6, 6.07) is 21.6. The Morgan fingerprint density at radius 1 is 1.05 bits per heavy atom. The Kier molecular flexibility index (Phi) is 8.76. The summed E-state index contributed by atoms with van der Waals surface area (Å²) in [4.78, 5) is 38.3. The maximum Gasteiger partial charge on any atom is 0.304 e. The van der Waals surface area contributed by atoms with Crippen LogP contribution in [-0.4, -0.2) is 53.3 Å². The van der Waals surface area contributed by atoms with Crippen molar-refractivity contribution in [2.75, 3.05) is 19.8 Å². The SMILES string of the molecule is O=C(O)C[C@@H](CCCc1ccc2ccccc2c1)C(=O)N[C@H]1Cc2cn(c3ccccc23)CCOCCNC1=O. The Morgan fingerprint density at radius 3 is 2.70 bits per heavy atom. The molecule has 0 saturated carbocycles. The highest BCUT2D eigenvalue weighted by molar-refractivity contribution is 5.91. The van der Waals surface area contributed by atoms with Crippen LogP contribution in [0.5, 0.6) is 0 Å². The molecule has 4 aromatic rings. The van der Waals surface area contributed by atoms with E-state index in [2.05, 4.69) is 45.5 Å². The van der Waals surface area contributed by atoms with Crippen LogP contribution in [0.25, 0.3) is 21.7 Å². The lowest BCUT2D eigenvalue weighted by molar-refractivity contribution is -0.141. The van der Waals surface area contributed by atoms with E-state index >= 15 is 0 Å². The van der Waals surface area contributed by atoms with Crippen molar-refractivity contribution in [1.82, 2.24) is 15.2 Å². The van der Waals surface area contributed by atoms with Crippen molar-refractivity contribution >= 4 is 39.5 Å². The van der Waals surface area contributed by atoms with Gasteiger partial charge in [-0.3, -0.25) is 14.4 Å². The van der Waals surface area contributed by atoms with Crippen LogP contribution in [0.3, 0.4) is 0 Å². The van der Waals surface area contributed by atoms with Crippen LogP contribution in [0.2, 0.25) is 0 Å². The Bertz CT molecular complexity index is 1510. The topological polar surface area (TPSA) is 110 Å². The van der Waals surface area contributed by atoms with Gasteiger partial charge in [-0.15, -0.1) is 0 Å². The van der Waals surface area contributed by atoms with Crippen LogP contribution in [0.4, 0.5) is 0 Å². The van der Waals surface area contributed by atoms with Crippen LogP contribution >= 0.6 is 0 Å². The molecule has 2 amide bonds. The van der Waals surface area contributed by atoms with Gasteiger partial charge in [0.2, 0.25) is 11.8 Å². The number of aryl methyl sites for hydroxylation is 1. The Labute approximate surface area is 233 Å². The molecule has 0 spiro atoms. The summed E-state index contributed by atoms with van der Waals surface area (Å²) in [5.74, 6) is -2.49. The molecular weight excluding hydrogens is 506 g/mol. The molecular formula is C32H35N3O5. The van der Waals surface area contributed by atoms with E-state index in [0.29, 0.717) is 45.6 Å². The number of hydrogen-bond donors (Lipinski definition) is 3. The monoisotopic (exact) mass is 541 g/mol. The van der Waals surface area contributed by atoms with Crippen LogP contribution < -0.4 is 10.6 Å². The smallest absolute Gasteiger partial charge is 0.304 e. The zero-order valence-corrected chi connectivity index (χ0v) is 22.5. The number of aliphatic carboxylic acids is 1. The number of para-hydroxylation sites is 1. The molecule has 2 atom stereocenters. The molecule has 3 N–H and O–H groups in total. The second-order valence-corrected chi connectivity index (χ2v) is 10.4. The van der Waals surface area contributed by atoms with Crippen molar-refractivity contribution in [2.24, 2.45) is 5.92 Å². The molecule has 5 rings (SSSR count). The number of aromatic nitrogens is 1. The van der Waals surface area contributed by atoms with Crippen LogP contribution in [0.15, 0.2) is 72.9 Å². The zero-order valence-electron chi connectivity index (χ0n) is 22.5. The number of ether oxygens (including phenoxy) is 1. The Morgan fingerprint density at radius 2 is 1.85 bits per heavy atom. The second-order valence-electron chi connectivity index (χ2n) is 10.4. The number of carboxylic acids is 1. The van der Waals surface area contributed by atoms with E-state index in [1.165, 1.54) is 5.39 Å². The van der Waals surface area contributed by atoms with E-state index in [9.17, 15) is 19.5 Å². The number of hydrogen-bond acceptors (Lipinski definition) is 4. The van der Waals surface area contributed by atoms with Crippen LogP contribution in [-0.2, 0) is 38.5 Å². The average molecular weight is 542 g/mol. The number of nitrogens with zero attached hydrogens (tertiary/aromatic N) is 1. The Balaban J connectivity index is 1.30. The third kappa shape index (κ3) is 6.69. The Hall–Kier alpha value is -4.17. The molecule has 8 nitrogen and oxygen atoms in total. The summed E-state index contributed by atoms with van der Waals surface area (Å²) in [6.45, 7) is 1.92. The summed E-state index contributed by atoms with van der Waals surface area (Å²) in [5.41, 5.74) is 3.14. The molecule has 1 aliphatic rings. The van der Waals surface area contributed by atoms with Gasteiger partial charge in [0.15, 0.2) is 0 Å². The van der Waals surface area contributed by atoms with Crippen molar-refractivity contribution in [2.45, 2.75) is 44.7 Å². The van der Waals surface area contributed by atoms with E-state index < -0.39 is 23.8 Å². The van der Waals surface area contributed by atoms with Crippen molar-refractivity contribution in [3.63, 3.8) is 0 Å². The van der Waals surface area contributed by atoms with Gasteiger partial charge in [-0.1, -0.05) is 60.7 Å². The highest BCUT2D eigenvalue weighted by Crippen LogP contribution is 2.24. The number of fused-ring (bicyclic) bond motifs is 6. The van der Waals surface area contributed by atoms with E-state index in [1.54, 1.807) is 0 Å². The van der Waals surface area contributed by atoms with Gasteiger partial charge in [-0.2, -0.15) is 0 Å². The lowest BCUT2D eigenvalue weighted by Crippen LogP contribution is -2.50. The lowest BCUT2D eigenvalue weighted by Gasteiger charge is -2.22. The molecule has 0 saturated heterocycles. The third-order valence-electron chi connectivity index (χ3n) is 7.57. The number of carbonyl (C=O) groups is 3. The minimum atomic E-state index is -1.03. The van der Waals surface area contributed by atoms with E-state index in [1.807, 2.05) is 42.6 Å². The molecule has 1 aromatic heterocycles. The highest BCUT2D eigenvalue weighted by Gasteiger charge is 2.28. The molecule has 2 bridgehead atoms. The molecule has 2 heterocycles. The van der Waals surface area contributed by atoms with Crippen molar-refractivity contribution < 1.29 is 24.2 Å². The van der Waals surface area contributed by atoms with Gasteiger partial charge in [0.25, 0.3) is 0 Å². The maximum absolute atomic E-state index is 13.4. The minimum absolute atomic E-state index is 0.287. The number of carbonyl (C=O) groups excluding carboxylic acids is 2. The first-order valence-electron chi connectivity index (χ1n) is 13.9. The third-order valence-corrected chi connectivity index (χ3v) is 7.57. The summed E-state index contributed by atoms with van der Waals surface area (Å²) < 4.78 is 7.80. The molecule has 0 radical (unpaired) electrons. The van der Waals surface area contributed by atoms with E-state index in [4.69, 9.17) is 4.74 Å². The van der Waals surface area contributed by atoms with E-state index in [0.717, 1.165) is 33.8 Å². The quantitative estimate of drug-likeness (QED) is 0.311. The van der Waals surface area contributed by atoms with Gasteiger partial charge in [0, 0.05) is 42.5 Å². The zero-order chi connectivity index (χ0) is 27.9. The fourth-order valence-corrected chi connectivity index (χ4v) is 5.51. The van der Waals surface area contributed by atoms with E-state index in [-0.39, 0.29) is 12.3 Å². The number of benzene rings is 3. The first-order valence-corrected chi connectivity index (χ1v) is 13.9. The van der Waals surface area contributed by atoms with Gasteiger partial charge in [0.05, 0.1) is 19.6 Å². The first-order chi connectivity index (χ1) is 19.5. The molecule has 40 heavy (non-hydrogen) atoms. The van der Waals surface area contributed by atoms with Gasteiger partial charge >= 0.3 is 5.97 Å². The number of rotatable bonds is 8. The number of amides is 2. The van der Waals surface area contributed by atoms with Gasteiger partial charge in [0.1, 0.15) is 6.04 Å². The van der Waals surface area contributed by atoms with Gasteiger partial charge in [-0.25, -0.2) is 0 Å². The fraction of sp³-hybridized carbons (Fsp3) is 0.344. The average Bonchev–Trinajstić information content (AvgIpc) is 3.30.